The lowest BCUT2D eigenvalue weighted by Gasteiger charge is -2.20. The number of guanidine groups is 1. The Bertz CT molecular complexity index is 609. The summed E-state index contributed by atoms with van der Waals surface area (Å²) in [5.41, 5.74) is 1.33. The maximum Gasteiger partial charge on any atom is 0.225 e. The Labute approximate surface area is 182 Å². The second-order valence-corrected chi connectivity index (χ2v) is 7.72. The van der Waals surface area contributed by atoms with Gasteiger partial charge in [-0.2, -0.15) is 0 Å². The van der Waals surface area contributed by atoms with Gasteiger partial charge in [0.1, 0.15) is 0 Å². The van der Waals surface area contributed by atoms with Crippen molar-refractivity contribution in [2.24, 2.45) is 10.9 Å². The molecule has 0 aromatic heterocycles. The topological polar surface area (TPSA) is 56.7 Å². The molecule has 1 saturated heterocycles. The van der Waals surface area contributed by atoms with E-state index in [0.29, 0.717) is 0 Å². The van der Waals surface area contributed by atoms with Crippen molar-refractivity contribution in [2.75, 3.05) is 26.7 Å². The Balaban J connectivity index is 0.00000338. The first kappa shape index (κ1) is 23.2. The summed E-state index contributed by atoms with van der Waals surface area (Å²) in [6.45, 7) is 6.36. The summed E-state index contributed by atoms with van der Waals surface area (Å²) in [7, 11) is 1.79. The molecule has 0 radical (unpaired) electrons. The van der Waals surface area contributed by atoms with Gasteiger partial charge < -0.3 is 15.5 Å². The van der Waals surface area contributed by atoms with Crippen LogP contribution >= 0.6 is 39.9 Å². The predicted molar refractivity (Wildman–Crippen MR) is 122 cm³/mol. The Morgan fingerprint density at radius 2 is 2.19 bits per heavy atom. The standard InChI is InChI=1S/C19H29BrN4O.HI/c1-14(2)18(25)24-11-9-17(13-24)23-19(21-3)22-10-5-7-15-6-4-8-16(20)12-15;/h4,6,8,12,14,17H,5,7,9-11,13H2,1-3H3,(H2,21,22,23);1H. The van der Waals surface area contributed by atoms with E-state index < -0.39 is 0 Å². The molecule has 0 bridgehead atoms. The highest BCUT2D eigenvalue weighted by Crippen LogP contribution is 2.13. The van der Waals surface area contributed by atoms with E-state index in [1.165, 1.54) is 5.56 Å². The van der Waals surface area contributed by atoms with Crippen molar-refractivity contribution >= 4 is 51.8 Å². The van der Waals surface area contributed by atoms with Gasteiger partial charge in [0.15, 0.2) is 5.96 Å². The number of amides is 1. The van der Waals surface area contributed by atoms with Crippen molar-refractivity contribution in [3.8, 4) is 0 Å². The van der Waals surface area contributed by atoms with Crippen molar-refractivity contribution in [3.05, 3.63) is 34.3 Å². The minimum Gasteiger partial charge on any atom is -0.356 e. The molecule has 1 fully saturated rings. The third-order valence-corrected chi connectivity index (χ3v) is 4.88. The summed E-state index contributed by atoms with van der Waals surface area (Å²) in [6.07, 6.45) is 3.04. The Morgan fingerprint density at radius 1 is 1.42 bits per heavy atom. The molecule has 1 atom stereocenters. The van der Waals surface area contributed by atoms with Crippen LogP contribution in [0.5, 0.6) is 0 Å². The SMILES string of the molecule is CN=C(NCCCc1cccc(Br)c1)NC1CCN(C(=O)C(C)C)C1.I. The van der Waals surface area contributed by atoms with Gasteiger partial charge in [-0.05, 0) is 37.0 Å². The normalized spacial score (nSPS) is 17.2. The number of carbonyl (C=O) groups is 1. The van der Waals surface area contributed by atoms with E-state index in [0.717, 1.165) is 49.3 Å². The van der Waals surface area contributed by atoms with Crippen LogP contribution in [-0.2, 0) is 11.2 Å². The van der Waals surface area contributed by atoms with E-state index in [1.54, 1.807) is 7.05 Å². The van der Waals surface area contributed by atoms with Crippen molar-refractivity contribution < 1.29 is 4.79 Å². The fourth-order valence-corrected chi connectivity index (χ4v) is 3.47. The monoisotopic (exact) mass is 536 g/mol. The van der Waals surface area contributed by atoms with Gasteiger partial charge in [0, 0.05) is 43.1 Å². The number of rotatable bonds is 6. The fraction of sp³-hybridized carbons (Fsp3) is 0.579. The minimum absolute atomic E-state index is 0. The number of nitrogens with zero attached hydrogens (tertiary/aromatic N) is 2. The Kier molecular flexibility index (Phi) is 10.5. The lowest BCUT2D eigenvalue weighted by atomic mass is 10.1. The Hall–Kier alpha value is -0.830. The average molecular weight is 537 g/mol. The molecule has 146 valence electrons. The number of carbonyl (C=O) groups excluding carboxylic acids is 1. The third kappa shape index (κ3) is 7.42. The maximum absolute atomic E-state index is 12.1. The molecule has 1 aliphatic heterocycles. The van der Waals surface area contributed by atoms with Gasteiger partial charge in [-0.15, -0.1) is 24.0 Å². The van der Waals surface area contributed by atoms with Crippen molar-refractivity contribution in [2.45, 2.75) is 39.2 Å². The molecule has 5 nitrogen and oxygen atoms in total. The number of halogens is 2. The Morgan fingerprint density at radius 3 is 2.85 bits per heavy atom. The molecule has 2 N–H and O–H groups in total. The molecule has 0 spiro atoms. The van der Waals surface area contributed by atoms with Crippen LogP contribution in [0.3, 0.4) is 0 Å². The van der Waals surface area contributed by atoms with Crippen LogP contribution in [0.2, 0.25) is 0 Å². The third-order valence-electron chi connectivity index (χ3n) is 4.38. The highest BCUT2D eigenvalue weighted by atomic mass is 127. The van der Waals surface area contributed by atoms with Crippen LogP contribution in [0.15, 0.2) is 33.7 Å². The second-order valence-electron chi connectivity index (χ2n) is 6.80. The van der Waals surface area contributed by atoms with Gasteiger partial charge >= 0.3 is 0 Å². The van der Waals surface area contributed by atoms with Crippen molar-refractivity contribution in [1.82, 2.24) is 15.5 Å². The smallest absolute Gasteiger partial charge is 0.225 e. The lowest BCUT2D eigenvalue weighted by Crippen LogP contribution is -2.45. The van der Waals surface area contributed by atoms with E-state index in [9.17, 15) is 4.79 Å². The van der Waals surface area contributed by atoms with Gasteiger partial charge in [-0.25, -0.2) is 0 Å². The number of aliphatic imine (C=N–C) groups is 1. The van der Waals surface area contributed by atoms with Crippen LogP contribution in [-0.4, -0.2) is 49.5 Å². The predicted octanol–water partition coefficient (Wildman–Crippen LogP) is 3.42. The number of hydrogen-bond donors (Lipinski definition) is 2. The van der Waals surface area contributed by atoms with E-state index >= 15 is 0 Å². The fourth-order valence-electron chi connectivity index (χ4n) is 3.02. The summed E-state index contributed by atoms with van der Waals surface area (Å²) < 4.78 is 1.12. The van der Waals surface area contributed by atoms with Gasteiger partial charge in [-0.1, -0.05) is 41.9 Å². The lowest BCUT2D eigenvalue weighted by molar-refractivity contribution is -0.133. The maximum atomic E-state index is 12.1. The first-order chi connectivity index (χ1) is 12.0. The van der Waals surface area contributed by atoms with Crippen LogP contribution < -0.4 is 10.6 Å². The molecule has 1 aromatic carbocycles. The van der Waals surface area contributed by atoms with Crippen LogP contribution in [0.25, 0.3) is 0 Å². The summed E-state index contributed by atoms with van der Waals surface area (Å²) in [6, 6.07) is 8.70. The first-order valence-electron chi connectivity index (χ1n) is 9.00. The molecular weight excluding hydrogens is 507 g/mol. The summed E-state index contributed by atoms with van der Waals surface area (Å²) in [5.74, 6) is 1.12. The van der Waals surface area contributed by atoms with Gasteiger partial charge in [0.05, 0.1) is 0 Å². The van der Waals surface area contributed by atoms with Gasteiger partial charge in [-0.3, -0.25) is 9.79 Å². The average Bonchev–Trinajstić information content (AvgIpc) is 3.05. The quantitative estimate of drug-likeness (QED) is 0.253. The number of hydrogen-bond acceptors (Lipinski definition) is 2. The van der Waals surface area contributed by atoms with Crippen molar-refractivity contribution in [3.63, 3.8) is 0 Å². The van der Waals surface area contributed by atoms with Gasteiger partial charge in [0.25, 0.3) is 0 Å². The molecule has 0 aliphatic carbocycles. The zero-order valence-electron chi connectivity index (χ0n) is 15.8. The van der Waals surface area contributed by atoms with Crippen LogP contribution in [0, 0.1) is 5.92 Å². The number of likely N-dealkylation sites (tertiary alicyclic amines) is 1. The molecule has 1 aromatic rings. The van der Waals surface area contributed by atoms with E-state index in [4.69, 9.17) is 0 Å². The van der Waals surface area contributed by atoms with E-state index in [2.05, 4.69) is 49.8 Å². The number of benzene rings is 1. The molecule has 1 aliphatic rings. The zero-order valence-corrected chi connectivity index (χ0v) is 19.7. The number of nitrogens with one attached hydrogen (secondary N) is 2. The molecule has 0 saturated carbocycles. The van der Waals surface area contributed by atoms with Gasteiger partial charge in [0.2, 0.25) is 5.91 Å². The second kappa shape index (κ2) is 11.8. The highest BCUT2D eigenvalue weighted by molar-refractivity contribution is 14.0. The summed E-state index contributed by atoms with van der Waals surface area (Å²) in [5, 5.41) is 6.81. The van der Waals surface area contributed by atoms with Crippen LogP contribution in [0.1, 0.15) is 32.3 Å². The molecule has 1 amide bonds. The molecule has 7 heteroatoms. The summed E-state index contributed by atoms with van der Waals surface area (Å²) in [4.78, 5) is 18.3. The van der Waals surface area contributed by atoms with Crippen molar-refractivity contribution in [1.29, 1.82) is 0 Å². The zero-order chi connectivity index (χ0) is 18.2. The summed E-state index contributed by atoms with van der Waals surface area (Å²) >= 11 is 3.51. The molecule has 1 heterocycles. The van der Waals surface area contributed by atoms with Crippen LogP contribution in [0.4, 0.5) is 0 Å². The molecule has 1 unspecified atom stereocenters. The molecule has 26 heavy (non-hydrogen) atoms. The van der Waals surface area contributed by atoms with E-state index in [1.807, 2.05) is 24.8 Å². The molecular formula is C19H30BrIN4O. The highest BCUT2D eigenvalue weighted by Gasteiger charge is 2.27. The number of aryl methyl sites for hydroxylation is 1. The first-order valence-corrected chi connectivity index (χ1v) is 9.79. The molecule has 2 rings (SSSR count). The minimum atomic E-state index is 0. The largest absolute Gasteiger partial charge is 0.356 e. The van der Waals surface area contributed by atoms with E-state index in [-0.39, 0.29) is 41.8 Å².